The molecular weight excluding hydrogens is 252 g/mol. The summed E-state index contributed by atoms with van der Waals surface area (Å²) in [5.74, 6) is -0.555. The summed E-state index contributed by atoms with van der Waals surface area (Å²) in [5.41, 5.74) is 5.63. The molecule has 0 aliphatic rings. The Morgan fingerprint density at radius 1 is 1.11 bits per heavy atom. The van der Waals surface area contributed by atoms with E-state index in [1.54, 1.807) is 24.3 Å². The van der Waals surface area contributed by atoms with Crippen molar-refractivity contribution in [3.63, 3.8) is 0 Å². The Balaban J connectivity index is 2.35. The largest absolute Gasteiger partial charge is 0.394 e. The lowest BCUT2D eigenvalue weighted by molar-refractivity contribution is -0.127. The number of hydrogen-bond donors (Lipinski definition) is 6. The molecule has 0 fully saturated rings. The lowest BCUT2D eigenvalue weighted by atomic mass is 10.1. The first-order valence-electron chi connectivity index (χ1n) is 5.79. The molecule has 7 heteroatoms. The third kappa shape index (κ3) is 5.23. The second kappa shape index (κ2) is 7.70. The van der Waals surface area contributed by atoms with Gasteiger partial charge in [-0.2, -0.15) is 0 Å². The van der Waals surface area contributed by atoms with E-state index in [4.69, 9.17) is 10.2 Å². The van der Waals surface area contributed by atoms with Crippen LogP contribution >= 0.6 is 0 Å². The van der Waals surface area contributed by atoms with Crippen LogP contribution in [-0.4, -0.2) is 51.3 Å². The number of amides is 1. The molecule has 106 valence electrons. The van der Waals surface area contributed by atoms with Crippen LogP contribution in [0.3, 0.4) is 0 Å². The van der Waals surface area contributed by atoms with Crippen molar-refractivity contribution in [2.75, 3.05) is 12.0 Å². The van der Waals surface area contributed by atoms with Gasteiger partial charge in [0, 0.05) is 0 Å². The van der Waals surface area contributed by atoms with Gasteiger partial charge in [0.25, 0.3) is 0 Å². The normalized spacial score (nSPS) is 15.4. The highest BCUT2D eigenvalue weighted by Gasteiger charge is 2.25. The Kier molecular flexibility index (Phi) is 6.23. The fourth-order valence-corrected chi connectivity index (χ4v) is 1.39. The van der Waals surface area contributed by atoms with E-state index in [-0.39, 0.29) is 0 Å². The summed E-state index contributed by atoms with van der Waals surface area (Å²) >= 11 is 0. The number of hydrogen-bond acceptors (Lipinski definition) is 6. The van der Waals surface area contributed by atoms with Crippen molar-refractivity contribution in [1.82, 2.24) is 5.43 Å². The third-order valence-electron chi connectivity index (χ3n) is 2.49. The summed E-state index contributed by atoms with van der Waals surface area (Å²) in [4.78, 5) is 11.5. The first-order chi connectivity index (χ1) is 9.04. The molecule has 0 bridgehead atoms. The molecule has 0 aliphatic carbocycles. The van der Waals surface area contributed by atoms with E-state index >= 15 is 0 Å². The van der Waals surface area contributed by atoms with Crippen molar-refractivity contribution in [2.24, 2.45) is 0 Å². The monoisotopic (exact) mass is 270 g/mol. The number of aliphatic hydroxyl groups is 4. The SMILES string of the molecule is O=C(CC(O)C(O)C(O)CO)NNc1ccccc1. The van der Waals surface area contributed by atoms with Gasteiger partial charge in [-0.15, -0.1) is 0 Å². The topological polar surface area (TPSA) is 122 Å². The Morgan fingerprint density at radius 2 is 1.74 bits per heavy atom. The molecule has 0 spiro atoms. The zero-order chi connectivity index (χ0) is 14.3. The Hall–Kier alpha value is -1.67. The second-order valence-electron chi connectivity index (χ2n) is 4.05. The number of hydrazine groups is 1. The second-order valence-corrected chi connectivity index (χ2v) is 4.05. The van der Waals surface area contributed by atoms with Gasteiger partial charge in [-0.3, -0.25) is 15.6 Å². The van der Waals surface area contributed by atoms with Crippen LogP contribution in [-0.2, 0) is 4.79 Å². The van der Waals surface area contributed by atoms with Gasteiger partial charge in [0.2, 0.25) is 5.91 Å². The zero-order valence-corrected chi connectivity index (χ0v) is 10.2. The molecule has 7 nitrogen and oxygen atoms in total. The van der Waals surface area contributed by atoms with Gasteiger partial charge in [-0.25, -0.2) is 0 Å². The highest BCUT2D eigenvalue weighted by atomic mass is 16.4. The Morgan fingerprint density at radius 3 is 2.32 bits per heavy atom. The van der Waals surface area contributed by atoms with E-state index in [0.29, 0.717) is 5.69 Å². The highest BCUT2D eigenvalue weighted by Crippen LogP contribution is 2.05. The van der Waals surface area contributed by atoms with Crippen LogP contribution in [0.25, 0.3) is 0 Å². The number of carbonyl (C=O) groups is 1. The molecule has 1 rings (SSSR count). The van der Waals surface area contributed by atoms with E-state index in [1.807, 2.05) is 6.07 Å². The molecule has 1 amide bonds. The van der Waals surface area contributed by atoms with Crippen LogP contribution in [0.2, 0.25) is 0 Å². The lowest BCUT2D eigenvalue weighted by Crippen LogP contribution is -2.43. The van der Waals surface area contributed by atoms with Crippen molar-refractivity contribution in [1.29, 1.82) is 0 Å². The summed E-state index contributed by atoms with van der Waals surface area (Å²) in [6, 6.07) is 8.86. The van der Waals surface area contributed by atoms with Crippen molar-refractivity contribution in [3.05, 3.63) is 30.3 Å². The maximum absolute atomic E-state index is 11.5. The smallest absolute Gasteiger partial charge is 0.241 e. The number of rotatable bonds is 7. The third-order valence-corrected chi connectivity index (χ3v) is 2.49. The molecule has 0 aromatic heterocycles. The van der Waals surface area contributed by atoms with Crippen LogP contribution in [0, 0.1) is 0 Å². The molecular formula is C12H18N2O5. The van der Waals surface area contributed by atoms with Gasteiger partial charge >= 0.3 is 0 Å². The van der Waals surface area contributed by atoms with E-state index in [2.05, 4.69) is 10.9 Å². The lowest BCUT2D eigenvalue weighted by Gasteiger charge is -2.21. The van der Waals surface area contributed by atoms with Crippen LogP contribution in [0.1, 0.15) is 6.42 Å². The number of nitrogens with one attached hydrogen (secondary N) is 2. The summed E-state index contributed by atoms with van der Waals surface area (Å²) < 4.78 is 0. The maximum atomic E-state index is 11.5. The summed E-state index contributed by atoms with van der Waals surface area (Å²) in [5, 5.41) is 36.6. The number of anilines is 1. The molecule has 0 radical (unpaired) electrons. The van der Waals surface area contributed by atoms with Crippen molar-refractivity contribution >= 4 is 11.6 Å². The minimum atomic E-state index is -1.58. The fraction of sp³-hybridized carbons (Fsp3) is 0.417. The van der Waals surface area contributed by atoms with Gasteiger partial charge in [0.05, 0.1) is 24.8 Å². The molecule has 3 unspecified atom stereocenters. The molecule has 1 aromatic carbocycles. The van der Waals surface area contributed by atoms with E-state index < -0.39 is 37.2 Å². The number of para-hydroxylation sites is 1. The molecule has 0 saturated carbocycles. The Bertz CT molecular complexity index is 387. The predicted molar refractivity (Wildman–Crippen MR) is 67.9 cm³/mol. The average Bonchev–Trinajstić information content (AvgIpc) is 2.44. The van der Waals surface area contributed by atoms with E-state index in [9.17, 15) is 15.0 Å². The highest BCUT2D eigenvalue weighted by molar-refractivity contribution is 5.77. The first kappa shape index (κ1) is 15.4. The van der Waals surface area contributed by atoms with E-state index in [1.165, 1.54) is 0 Å². The van der Waals surface area contributed by atoms with Gasteiger partial charge < -0.3 is 20.4 Å². The summed E-state index contributed by atoms with van der Waals surface area (Å²) in [7, 11) is 0. The summed E-state index contributed by atoms with van der Waals surface area (Å²) in [6.07, 6.45) is -4.92. The molecule has 0 saturated heterocycles. The zero-order valence-electron chi connectivity index (χ0n) is 10.2. The van der Waals surface area contributed by atoms with Crippen LogP contribution in [0.4, 0.5) is 5.69 Å². The quantitative estimate of drug-likeness (QED) is 0.339. The van der Waals surface area contributed by atoms with Crippen molar-refractivity contribution in [2.45, 2.75) is 24.7 Å². The van der Waals surface area contributed by atoms with Gasteiger partial charge in [0.1, 0.15) is 12.2 Å². The van der Waals surface area contributed by atoms with E-state index in [0.717, 1.165) is 0 Å². The average molecular weight is 270 g/mol. The van der Waals surface area contributed by atoms with Gasteiger partial charge in [-0.05, 0) is 12.1 Å². The molecule has 6 N–H and O–H groups in total. The number of benzene rings is 1. The standard InChI is InChI=1S/C12H18N2O5/c15-7-10(17)12(19)9(16)6-11(18)14-13-8-4-2-1-3-5-8/h1-5,9-10,12-13,15-17,19H,6-7H2,(H,14,18). The molecule has 0 aliphatic heterocycles. The summed E-state index contributed by atoms with van der Waals surface area (Å²) in [6.45, 7) is -0.692. The van der Waals surface area contributed by atoms with Gasteiger partial charge in [-0.1, -0.05) is 18.2 Å². The van der Waals surface area contributed by atoms with Crippen LogP contribution < -0.4 is 10.9 Å². The van der Waals surface area contributed by atoms with Crippen LogP contribution in [0.5, 0.6) is 0 Å². The molecule has 0 heterocycles. The molecule has 1 aromatic rings. The first-order valence-corrected chi connectivity index (χ1v) is 5.79. The van der Waals surface area contributed by atoms with Gasteiger partial charge in [0.15, 0.2) is 0 Å². The minimum absolute atomic E-state index is 0.405. The molecule has 3 atom stereocenters. The van der Waals surface area contributed by atoms with Crippen LogP contribution in [0.15, 0.2) is 30.3 Å². The predicted octanol–water partition coefficient (Wildman–Crippen LogP) is -1.41. The maximum Gasteiger partial charge on any atom is 0.241 e. The number of aliphatic hydroxyl groups excluding tert-OH is 4. The molecule has 19 heavy (non-hydrogen) atoms. The Labute approximate surface area is 110 Å². The minimum Gasteiger partial charge on any atom is -0.394 e. The fourth-order valence-electron chi connectivity index (χ4n) is 1.39. The van der Waals surface area contributed by atoms with Crippen molar-refractivity contribution < 1.29 is 25.2 Å². The van der Waals surface area contributed by atoms with Crippen molar-refractivity contribution in [3.8, 4) is 0 Å². The number of carbonyl (C=O) groups excluding carboxylic acids is 1.